The molecule has 0 radical (unpaired) electrons. The van der Waals surface area contributed by atoms with Crippen LogP contribution in [0.1, 0.15) is 15.9 Å². The Kier molecular flexibility index (Phi) is 4.67. The summed E-state index contributed by atoms with van der Waals surface area (Å²) in [7, 11) is 0. The molecule has 22 heavy (non-hydrogen) atoms. The second-order valence-electron chi connectivity index (χ2n) is 4.56. The molecule has 0 aliphatic carbocycles. The topological polar surface area (TPSA) is 92.5 Å². The van der Waals surface area contributed by atoms with Crippen molar-refractivity contribution >= 4 is 11.6 Å². The van der Waals surface area contributed by atoms with Gasteiger partial charge in [-0.25, -0.2) is 4.39 Å². The lowest BCUT2D eigenvalue weighted by Gasteiger charge is -2.06. The summed E-state index contributed by atoms with van der Waals surface area (Å²) in [4.78, 5) is 21.7. The van der Waals surface area contributed by atoms with Gasteiger partial charge in [0.25, 0.3) is 5.91 Å². The van der Waals surface area contributed by atoms with Crippen molar-refractivity contribution in [2.75, 3.05) is 6.54 Å². The summed E-state index contributed by atoms with van der Waals surface area (Å²) in [6.45, 7) is 0.206. The first-order valence-corrected chi connectivity index (χ1v) is 6.48. The van der Waals surface area contributed by atoms with Crippen LogP contribution in [-0.2, 0) is 6.42 Å². The van der Waals surface area contributed by atoms with Gasteiger partial charge in [-0.15, -0.1) is 0 Å². The zero-order chi connectivity index (χ0) is 16.1. The first-order valence-electron chi connectivity index (χ1n) is 6.48. The average Bonchev–Trinajstić information content (AvgIpc) is 2.48. The molecular formula is C15H13FN2O4. The summed E-state index contributed by atoms with van der Waals surface area (Å²) < 4.78 is 13.4. The van der Waals surface area contributed by atoms with Crippen LogP contribution in [0.4, 0.5) is 10.1 Å². The van der Waals surface area contributed by atoms with E-state index in [0.717, 1.165) is 12.1 Å². The Balaban J connectivity index is 1.97. The molecule has 2 rings (SSSR count). The molecule has 0 atom stereocenters. The van der Waals surface area contributed by atoms with Crippen LogP contribution in [0.2, 0.25) is 0 Å². The average molecular weight is 304 g/mol. The molecule has 0 aromatic heterocycles. The minimum Gasteiger partial charge on any atom is -0.502 e. The van der Waals surface area contributed by atoms with E-state index in [2.05, 4.69) is 5.32 Å². The Bertz CT molecular complexity index is 718. The first kappa shape index (κ1) is 15.4. The number of hydrogen-bond acceptors (Lipinski definition) is 4. The Morgan fingerprint density at radius 1 is 1.27 bits per heavy atom. The smallest absolute Gasteiger partial charge is 0.310 e. The number of halogens is 1. The molecule has 0 spiro atoms. The number of phenols is 1. The molecule has 0 heterocycles. The molecule has 114 valence electrons. The zero-order valence-corrected chi connectivity index (χ0v) is 11.5. The fourth-order valence-corrected chi connectivity index (χ4v) is 1.93. The number of amides is 1. The van der Waals surface area contributed by atoms with Crippen LogP contribution in [0, 0.1) is 15.9 Å². The van der Waals surface area contributed by atoms with Gasteiger partial charge in [0.2, 0.25) is 0 Å². The maximum absolute atomic E-state index is 13.4. The molecule has 0 aliphatic heterocycles. The van der Waals surface area contributed by atoms with E-state index in [-0.39, 0.29) is 17.9 Å². The number of carbonyl (C=O) groups excluding carboxylic acids is 1. The summed E-state index contributed by atoms with van der Waals surface area (Å²) >= 11 is 0. The number of aromatic hydroxyl groups is 1. The van der Waals surface area contributed by atoms with Gasteiger partial charge in [-0.3, -0.25) is 14.9 Å². The number of phenolic OH excluding ortho intramolecular Hbond substituents is 1. The van der Waals surface area contributed by atoms with Crippen molar-refractivity contribution in [1.82, 2.24) is 5.32 Å². The molecule has 0 bridgehead atoms. The highest BCUT2D eigenvalue weighted by molar-refractivity contribution is 5.95. The fraction of sp³-hybridized carbons (Fsp3) is 0.133. The molecule has 0 aliphatic rings. The van der Waals surface area contributed by atoms with Crippen LogP contribution in [-0.4, -0.2) is 22.5 Å². The van der Waals surface area contributed by atoms with Crippen molar-refractivity contribution in [3.63, 3.8) is 0 Å². The number of hydrogen-bond donors (Lipinski definition) is 2. The maximum Gasteiger partial charge on any atom is 0.310 e. The highest BCUT2D eigenvalue weighted by atomic mass is 19.1. The van der Waals surface area contributed by atoms with E-state index < -0.39 is 22.3 Å². The summed E-state index contributed by atoms with van der Waals surface area (Å²) in [6.07, 6.45) is 0.317. The van der Waals surface area contributed by atoms with Crippen LogP contribution in [0.25, 0.3) is 0 Å². The Morgan fingerprint density at radius 2 is 2.00 bits per heavy atom. The molecule has 2 aromatic rings. The van der Waals surface area contributed by atoms with Crippen LogP contribution in [0.5, 0.6) is 5.75 Å². The second kappa shape index (κ2) is 6.66. The highest BCUT2D eigenvalue weighted by Gasteiger charge is 2.15. The number of rotatable bonds is 5. The van der Waals surface area contributed by atoms with Gasteiger partial charge < -0.3 is 10.4 Å². The summed E-state index contributed by atoms with van der Waals surface area (Å²) in [5.41, 5.74) is 0.105. The van der Waals surface area contributed by atoms with E-state index >= 15 is 0 Å². The Hall–Kier alpha value is -2.96. The Morgan fingerprint density at radius 3 is 2.64 bits per heavy atom. The number of nitrogens with one attached hydrogen (secondary N) is 1. The van der Waals surface area contributed by atoms with Crippen LogP contribution in [0.15, 0.2) is 42.5 Å². The van der Waals surface area contributed by atoms with Crippen LogP contribution < -0.4 is 5.32 Å². The lowest BCUT2D eigenvalue weighted by Crippen LogP contribution is -2.25. The summed E-state index contributed by atoms with van der Waals surface area (Å²) in [5.74, 6) is -1.42. The summed E-state index contributed by atoms with van der Waals surface area (Å²) in [5, 5.41) is 22.6. The van der Waals surface area contributed by atoms with Crippen LogP contribution in [0.3, 0.4) is 0 Å². The fourth-order valence-electron chi connectivity index (χ4n) is 1.93. The van der Waals surface area contributed by atoms with Crippen molar-refractivity contribution < 1.29 is 19.2 Å². The minimum atomic E-state index is -0.741. The lowest BCUT2D eigenvalue weighted by atomic mass is 10.1. The third-order valence-electron chi connectivity index (χ3n) is 3.07. The van der Waals surface area contributed by atoms with E-state index in [1.165, 1.54) is 12.1 Å². The van der Waals surface area contributed by atoms with E-state index in [4.69, 9.17) is 0 Å². The molecule has 1 amide bonds. The Labute approximate surface area is 125 Å². The predicted octanol–water partition coefficient (Wildman–Crippen LogP) is 2.41. The number of carbonyl (C=O) groups is 1. The molecule has 0 fully saturated rings. The van der Waals surface area contributed by atoms with Gasteiger partial charge in [0.15, 0.2) is 5.75 Å². The predicted molar refractivity (Wildman–Crippen MR) is 77.2 cm³/mol. The van der Waals surface area contributed by atoms with Crippen molar-refractivity contribution in [3.05, 3.63) is 69.5 Å². The minimum absolute atomic E-state index is 0.0941. The first-order chi connectivity index (χ1) is 10.5. The van der Waals surface area contributed by atoms with Gasteiger partial charge in [-0.2, -0.15) is 0 Å². The van der Waals surface area contributed by atoms with E-state index in [1.807, 2.05) is 0 Å². The van der Waals surface area contributed by atoms with E-state index in [0.29, 0.717) is 12.0 Å². The van der Waals surface area contributed by atoms with Gasteiger partial charge in [0.05, 0.1) is 4.92 Å². The third kappa shape index (κ3) is 3.57. The molecule has 0 saturated heterocycles. The SMILES string of the molecule is O=C(NCCc1ccccc1F)c1ccc([N+](=O)[O-])c(O)c1. The standard InChI is InChI=1S/C15H13FN2O4/c16-12-4-2-1-3-10(12)7-8-17-15(20)11-5-6-13(18(21)22)14(19)9-11/h1-6,9,19H,7-8H2,(H,17,20). The van der Waals surface area contributed by atoms with E-state index in [9.17, 15) is 24.4 Å². The quantitative estimate of drug-likeness (QED) is 0.655. The van der Waals surface area contributed by atoms with Crippen molar-refractivity contribution in [3.8, 4) is 5.75 Å². The number of nitro benzene ring substituents is 1. The normalized spacial score (nSPS) is 10.2. The third-order valence-corrected chi connectivity index (χ3v) is 3.07. The number of benzene rings is 2. The van der Waals surface area contributed by atoms with Gasteiger partial charge in [0.1, 0.15) is 5.82 Å². The number of nitro groups is 1. The van der Waals surface area contributed by atoms with Crippen molar-refractivity contribution in [1.29, 1.82) is 0 Å². The maximum atomic E-state index is 13.4. The molecule has 2 aromatic carbocycles. The van der Waals surface area contributed by atoms with Gasteiger partial charge in [-0.05, 0) is 30.2 Å². The monoisotopic (exact) mass is 304 g/mol. The van der Waals surface area contributed by atoms with Gasteiger partial charge in [-0.1, -0.05) is 18.2 Å². The molecule has 6 nitrogen and oxygen atoms in total. The zero-order valence-electron chi connectivity index (χ0n) is 11.5. The molecule has 0 saturated carbocycles. The molecule has 0 unspecified atom stereocenters. The van der Waals surface area contributed by atoms with Crippen molar-refractivity contribution in [2.24, 2.45) is 0 Å². The molecule has 2 N–H and O–H groups in total. The largest absolute Gasteiger partial charge is 0.502 e. The van der Waals surface area contributed by atoms with Gasteiger partial charge >= 0.3 is 5.69 Å². The highest BCUT2D eigenvalue weighted by Crippen LogP contribution is 2.26. The molecular weight excluding hydrogens is 291 g/mol. The van der Waals surface area contributed by atoms with Crippen molar-refractivity contribution in [2.45, 2.75) is 6.42 Å². The number of nitrogens with zero attached hydrogens (tertiary/aromatic N) is 1. The van der Waals surface area contributed by atoms with Gasteiger partial charge in [0, 0.05) is 18.2 Å². The molecule has 7 heteroatoms. The summed E-state index contributed by atoms with van der Waals surface area (Å²) in [6, 6.07) is 9.57. The lowest BCUT2D eigenvalue weighted by molar-refractivity contribution is -0.385. The van der Waals surface area contributed by atoms with Crippen LogP contribution >= 0.6 is 0 Å². The van der Waals surface area contributed by atoms with E-state index in [1.54, 1.807) is 18.2 Å². The second-order valence-corrected chi connectivity index (χ2v) is 4.56.